The number of methoxy groups -OCH3 is 1. The molecule has 29 heavy (non-hydrogen) atoms. The average Bonchev–Trinajstić information content (AvgIpc) is 2.76. The highest BCUT2D eigenvalue weighted by Crippen LogP contribution is 2.20. The van der Waals surface area contributed by atoms with Crippen molar-refractivity contribution in [2.24, 2.45) is 0 Å². The topological polar surface area (TPSA) is 73.9 Å². The van der Waals surface area contributed by atoms with Crippen LogP contribution in [0.4, 0.5) is 0 Å². The third-order valence-corrected chi connectivity index (χ3v) is 4.38. The number of carbonyl (C=O) groups is 2. The molecule has 1 amide bonds. The van der Waals surface area contributed by atoms with E-state index >= 15 is 0 Å². The number of ether oxygens (including phenoxy) is 3. The van der Waals surface area contributed by atoms with Crippen LogP contribution >= 0.6 is 0 Å². The van der Waals surface area contributed by atoms with Crippen LogP contribution in [0, 0.1) is 0 Å². The number of rotatable bonds is 8. The molecule has 0 aliphatic rings. The Kier molecular flexibility index (Phi) is 6.68. The molecule has 6 nitrogen and oxygen atoms in total. The molecule has 0 aliphatic carbocycles. The van der Waals surface area contributed by atoms with E-state index in [1.807, 2.05) is 60.7 Å². The summed E-state index contributed by atoms with van der Waals surface area (Å²) in [6.07, 6.45) is -0.916. The molecule has 3 rings (SSSR count). The number of amides is 1. The average molecular weight is 393 g/mol. The van der Waals surface area contributed by atoms with Crippen molar-refractivity contribution in [3.8, 4) is 11.5 Å². The molecule has 0 aromatic heterocycles. The number of hydrogen-bond acceptors (Lipinski definition) is 5. The smallest absolute Gasteiger partial charge is 0.344 e. The summed E-state index contributed by atoms with van der Waals surface area (Å²) in [7, 11) is 1.59. The SMILES string of the molecule is COc1ccc(CNC(=O)[C@@H](C)OC(=O)COc2ccc3ccccc3c2)cc1. The third kappa shape index (κ3) is 5.72. The van der Waals surface area contributed by atoms with E-state index < -0.39 is 12.1 Å². The molecule has 0 radical (unpaired) electrons. The fraction of sp³-hybridized carbons (Fsp3) is 0.217. The second kappa shape index (κ2) is 9.59. The van der Waals surface area contributed by atoms with E-state index in [0.717, 1.165) is 22.1 Å². The fourth-order valence-electron chi connectivity index (χ4n) is 2.76. The van der Waals surface area contributed by atoms with Crippen LogP contribution in [0.2, 0.25) is 0 Å². The standard InChI is InChI=1S/C23H23NO5/c1-16(23(26)24-14-17-7-10-20(27-2)11-8-17)29-22(25)15-28-21-12-9-18-5-3-4-6-19(18)13-21/h3-13,16H,14-15H2,1-2H3,(H,24,26)/t16-/m1/s1. The quantitative estimate of drug-likeness (QED) is 0.593. The second-order valence-electron chi connectivity index (χ2n) is 6.50. The molecule has 3 aromatic carbocycles. The first-order chi connectivity index (χ1) is 14.0. The van der Waals surface area contributed by atoms with Gasteiger partial charge < -0.3 is 19.5 Å². The Morgan fingerprint density at radius 1 is 0.931 bits per heavy atom. The first-order valence-corrected chi connectivity index (χ1v) is 9.27. The fourth-order valence-corrected chi connectivity index (χ4v) is 2.76. The first-order valence-electron chi connectivity index (χ1n) is 9.27. The van der Waals surface area contributed by atoms with E-state index in [0.29, 0.717) is 12.3 Å². The minimum absolute atomic E-state index is 0.269. The van der Waals surface area contributed by atoms with Gasteiger partial charge in [-0.15, -0.1) is 0 Å². The Morgan fingerprint density at radius 2 is 1.62 bits per heavy atom. The lowest BCUT2D eigenvalue weighted by Gasteiger charge is -2.14. The highest BCUT2D eigenvalue weighted by atomic mass is 16.6. The maximum absolute atomic E-state index is 12.1. The number of hydrogen-bond donors (Lipinski definition) is 1. The first kappa shape index (κ1) is 20.2. The van der Waals surface area contributed by atoms with Crippen LogP contribution < -0.4 is 14.8 Å². The van der Waals surface area contributed by atoms with Crippen molar-refractivity contribution in [3.05, 3.63) is 72.3 Å². The van der Waals surface area contributed by atoms with Gasteiger partial charge in [-0.1, -0.05) is 42.5 Å². The number of fused-ring (bicyclic) bond motifs is 1. The summed E-state index contributed by atoms with van der Waals surface area (Å²) >= 11 is 0. The van der Waals surface area contributed by atoms with Crippen molar-refractivity contribution < 1.29 is 23.8 Å². The predicted molar refractivity (Wildman–Crippen MR) is 110 cm³/mol. The molecule has 1 atom stereocenters. The Bertz CT molecular complexity index is 984. The zero-order chi connectivity index (χ0) is 20.6. The summed E-state index contributed by atoms with van der Waals surface area (Å²) < 4.78 is 15.7. The van der Waals surface area contributed by atoms with E-state index in [4.69, 9.17) is 14.2 Å². The van der Waals surface area contributed by atoms with Gasteiger partial charge in [0.2, 0.25) is 0 Å². The van der Waals surface area contributed by atoms with E-state index in [2.05, 4.69) is 5.32 Å². The van der Waals surface area contributed by atoms with E-state index in [9.17, 15) is 9.59 Å². The molecule has 0 saturated carbocycles. The van der Waals surface area contributed by atoms with Gasteiger partial charge >= 0.3 is 5.97 Å². The molecule has 1 N–H and O–H groups in total. The van der Waals surface area contributed by atoms with Crippen LogP contribution in [0.1, 0.15) is 12.5 Å². The highest BCUT2D eigenvalue weighted by molar-refractivity contribution is 5.84. The number of carbonyl (C=O) groups excluding carboxylic acids is 2. The molecule has 0 aliphatic heterocycles. The largest absolute Gasteiger partial charge is 0.497 e. The Labute approximate surface area is 169 Å². The van der Waals surface area contributed by atoms with Gasteiger partial charge in [-0.3, -0.25) is 4.79 Å². The van der Waals surface area contributed by atoms with E-state index in [-0.39, 0.29) is 12.5 Å². The molecule has 3 aromatic rings. The lowest BCUT2D eigenvalue weighted by atomic mass is 10.1. The molecule has 0 fully saturated rings. The van der Waals surface area contributed by atoms with Crippen molar-refractivity contribution in [1.82, 2.24) is 5.32 Å². The lowest BCUT2D eigenvalue weighted by Crippen LogP contribution is -2.36. The van der Waals surface area contributed by atoms with Crippen LogP contribution in [0.3, 0.4) is 0 Å². The normalized spacial score (nSPS) is 11.5. The van der Waals surface area contributed by atoms with Crippen molar-refractivity contribution in [2.75, 3.05) is 13.7 Å². The minimum atomic E-state index is -0.916. The van der Waals surface area contributed by atoms with Crippen LogP contribution in [0.5, 0.6) is 11.5 Å². The third-order valence-electron chi connectivity index (χ3n) is 4.38. The summed E-state index contributed by atoms with van der Waals surface area (Å²) in [6, 6.07) is 20.8. The maximum Gasteiger partial charge on any atom is 0.344 e. The van der Waals surface area contributed by atoms with Gasteiger partial charge in [0.25, 0.3) is 5.91 Å². The monoisotopic (exact) mass is 393 g/mol. The summed E-state index contributed by atoms with van der Waals surface area (Å²) in [5, 5.41) is 4.84. The molecule has 0 bridgehead atoms. The zero-order valence-electron chi connectivity index (χ0n) is 16.4. The van der Waals surface area contributed by atoms with E-state index in [1.54, 1.807) is 13.2 Å². The van der Waals surface area contributed by atoms with Crippen molar-refractivity contribution in [2.45, 2.75) is 19.6 Å². The molecular weight excluding hydrogens is 370 g/mol. The summed E-state index contributed by atoms with van der Waals surface area (Å²) in [6.45, 7) is 1.59. The van der Waals surface area contributed by atoms with Gasteiger partial charge in [0.1, 0.15) is 11.5 Å². The second-order valence-corrected chi connectivity index (χ2v) is 6.50. The molecule has 150 valence electrons. The lowest BCUT2D eigenvalue weighted by molar-refractivity contribution is -0.156. The molecule has 0 unspecified atom stereocenters. The molecule has 0 heterocycles. The Morgan fingerprint density at radius 3 is 2.34 bits per heavy atom. The minimum Gasteiger partial charge on any atom is -0.497 e. The molecule has 6 heteroatoms. The van der Waals surface area contributed by atoms with Gasteiger partial charge in [0, 0.05) is 6.54 Å². The summed E-state index contributed by atoms with van der Waals surface area (Å²) in [4.78, 5) is 24.1. The van der Waals surface area contributed by atoms with Crippen molar-refractivity contribution in [1.29, 1.82) is 0 Å². The van der Waals surface area contributed by atoms with Gasteiger partial charge in [-0.25, -0.2) is 4.79 Å². The highest BCUT2D eigenvalue weighted by Gasteiger charge is 2.18. The van der Waals surface area contributed by atoms with Crippen LogP contribution in [-0.4, -0.2) is 31.7 Å². The van der Waals surface area contributed by atoms with Gasteiger partial charge in [0.05, 0.1) is 7.11 Å². The number of nitrogens with one attached hydrogen (secondary N) is 1. The van der Waals surface area contributed by atoms with Gasteiger partial charge in [-0.05, 0) is 47.5 Å². The maximum atomic E-state index is 12.1. The van der Waals surface area contributed by atoms with Crippen LogP contribution in [-0.2, 0) is 20.9 Å². The number of esters is 1. The number of benzene rings is 3. The summed E-state index contributed by atoms with van der Waals surface area (Å²) in [5.74, 6) is 0.330. The van der Waals surface area contributed by atoms with Crippen molar-refractivity contribution >= 4 is 22.6 Å². The predicted octanol–water partition coefficient (Wildman–Crippen LogP) is 3.48. The van der Waals surface area contributed by atoms with E-state index in [1.165, 1.54) is 6.92 Å². The van der Waals surface area contributed by atoms with Crippen molar-refractivity contribution in [3.63, 3.8) is 0 Å². The molecule has 0 spiro atoms. The Balaban J connectivity index is 1.44. The van der Waals surface area contributed by atoms with Crippen LogP contribution in [0.25, 0.3) is 10.8 Å². The van der Waals surface area contributed by atoms with Gasteiger partial charge in [-0.2, -0.15) is 0 Å². The summed E-state index contributed by atoms with van der Waals surface area (Å²) in [5.41, 5.74) is 0.914. The van der Waals surface area contributed by atoms with Crippen LogP contribution in [0.15, 0.2) is 66.7 Å². The zero-order valence-corrected chi connectivity index (χ0v) is 16.4. The molecular formula is C23H23NO5. The van der Waals surface area contributed by atoms with Gasteiger partial charge in [0.15, 0.2) is 12.7 Å². The Hall–Kier alpha value is -3.54. The molecule has 0 saturated heterocycles.